The first kappa shape index (κ1) is 62.6. The Morgan fingerprint density at radius 3 is 1.22 bits per heavy atom. The minimum absolute atomic E-state index is 0.0311. The number of unbranched alkanes of at least 4 members (excludes halogenated alkanes) is 13. The molecule has 5 aromatic heterocycles. The van der Waals surface area contributed by atoms with Crippen molar-refractivity contribution in [3.05, 3.63) is 219 Å². The van der Waals surface area contributed by atoms with E-state index in [-0.39, 0.29) is 5.41 Å². The van der Waals surface area contributed by atoms with Gasteiger partial charge in [-0.15, -0.1) is 70.6 Å². The first-order valence-electron chi connectivity index (χ1n) is 33.3. The molecule has 11 aromatic rings. The predicted octanol–water partition coefficient (Wildman–Crippen LogP) is 25.6. The van der Waals surface area contributed by atoms with Crippen molar-refractivity contribution in [1.29, 1.82) is 0 Å². The first-order chi connectivity index (χ1) is 44.1. The zero-order chi connectivity index (χ0) is 61.8. The van der Waals surface area contributed by atoms with Gasteiger partial charge in [0.2, 0.25) is 0 Å². The van der Waals surface area contributed by atoms with Crippen LogP contribution in [0.3, 0.4) is 0 Å². The maximum atomic E-state index is 4.59. The fourth-order valence-electron chi connectivity index (χ4n) is 14.7. The lowest BCUT2D eigenvalue weighted by Crippen LogP contribution is -2.28. The summed E-state index contributed by atoms with van der Waals surface area (Å²) in [7, 11) is 0. The summed E-state index contributed by atoms with van der Waals surface area (Å²) >= 11 is 16.7. The van der Waals surface area contributed by atoms with Gasteiger partial charge in [-0.05, 0) is 184 Å². The van der Waals surface area contributed by atoms with Crippen LogP contribution < -0.4 is 0 Å². The van der Waals surface area contributed by atoms with Crippen molar-refractivity contribution in [2.24, 2.45) is 0 Å². The van der Waals surface area contributed by atoms with Gasteiger partial charge >= 0.3 is 0 Å². The summed E-state index contributed by atoms with van der Waals surface area (Å²) in [5, 5.41) is 0.705. The summed E-state index contributed by atoms with van der Waals surface area (Å²) in [5.74, 6) is 0.560. The van der Waals surface area contributed by atoms with E-state index in [0.29, 0.717) is 16.1 Å². The quantitative estimate of drug-likeness (QED) is 0.0398. The molecule has 2 aliphatic rings. The van der Waals surface area contributed by atoms with Gasteiger partial charge < -0.3 is 0 Å². The average molecular weight is 1290 g/mol. The minimum atomic E-state index is -0.588. The Bertz CT molecular complexity index is 4250. The van der Waals surface area contributed by atoms with Crippen molar-refractivity contribution in [2.75, 3.05) is 0 Å². The summed E-state index contributed by atoms with van der Waals surface area (Å²) in [6.07, 6.45) is 24.1. The Labute approximate surface area is 562 Å². The molecule has 90 heavy (non-hydrogen) atoms. The van der Waals surface area contributed by atoms with E-state index in [2.05, 4.69) is 245 Å². The van der Waals surface area contributed by atoms with Gasteiger partial charge in [0, 0.05) is 50.0 Å². The van der Waals surface area contributed by atoms with Crippen LogP contribution in [0.4, 0.5) is 0 Å². The lowest BCUT2D eigenvalue weighted by atomic mass is 9.67. The van der Waals surface area contributed by atoms with E-state index in [0.717, 1.165) is 12.0 Å². The van der Waals surface area contributed by atoms with Crippen LogP contribution in [0.15, 0.2) is 180 Å². The maximum Gasteiger partial charge on any atom is 0.189 e. The molecular formula is C81H83N3S6. The van der Waals surface area contributed by atoms with Crippen LogP contribution in [0.2, 0.25) is 0 Å². The molecule has 0 radical (unpaired) electrons. The van der Waals surface area contributed by atoms with Gasteiger partial charge in [-0.25, -0.2) is 9.97 Å². The topological polar surface area (TPSA) is 38.7 Å². The molecule has 0 aliphatic heterocycles. The van der Waals surface area contributed by atoms with Crippen LogP contribution in [0.1, 0.15) is 186 Å². The monoisotopic (exact) mass is 1290 g/mol. The normalized spacial score (nSPS) is 14.5. The lowest BCUT2D eigenvalue weighted by molar-refractivity contribution is 0.398. The van der Waals surface area contributed by atoms with E-state index >= 15 is 0 Å². The van der Waals surface area contributed by atoms with Gasteiger partial charge in [0.25, 0.3) is 0 Å². The van der Waals surface area contributed by atoms with Gasteiger partial charge in [0.1, 0.15) is 0 Å². The molecule has 9 heteroatoms. The summed E-state index contributed by atoms with van der Waals surface area (Å²) < 4.78 is 0. The minimum Gasteiger partial charge on any atom is -0.203 e. The van der Waals surface area contributed by atoms with Gasteiger partial charge in [0.15, 0.2) is 16.1 Å². The molecule has 3 nitrogen and oxygen atoms in total. The molecule has 0 saturated carbocycles. The van der Waals surface area contributed by atoms with Crippen LogP contribution in [0.5, 0.6) is 0 Å². The second-order valence-corrected chi connectivity index (χ2v) is 30.8. The lowest BCUT2D eigenvalue weighted by Gasteiger charge is -2.34. The van der Waals surface area contributed by atoms with Crippen molar-refractivity contribution in [2.45, 2.75) is 178 Å². The Morgan fingerprint density at radius 1 is 0.344 bits per heavy atom. The molecule has 13 rings (SSSR count). The number of thiol groups is 2. The highest BCUT2D eigenvalue weighted by molar-refractivity contribution is 7.80. The van der Waals surface area contributed by atoms with Gasteiger partial charge in [-0.2, -0.15) is 4.98 Å². The van der Waals surface area contributed by atoms with E-state index in [9.17, 15) is 0 Å². The third-order valence-corrected chi connectivity index (χ3v) is 24.6. The number of aromatic nitrogens is 3. The predicted molar refractivity (Wildman–Crippen MR) is 395 cm³/mol. The van der Waals surface area contributed by atoms with Gasteiger partial charge in [-0.3, -0.25) is 0 Å². The largest absolute Gasteiger partial charge is 0.203 e. The highest BCUT2D eigenvalue weighted by Gasteiger charge is 2.47. The summed E-state index contributed by atoms with van der Waals surface area (Å²) in [5.41, 5.74) is 20.5. The molecule has 0 amide bonds. The smallest absolute Gasteiger partial charge is 0.189 e. The number of benzene rings is 6. The van der Waals surface area contributed by atoms with E-state index in [1.54, 1.807) is 11.1 Å². The number of thiophene rings is 4. The Hall–Kier alpha value is -6.17. The zero-order valence-electron chi connectivity index (χ0n) is 53.0. The molecule has 0 spiro atoms. The van der Waals surface area contributed by atoms with E-state index in [1.807, 2.05) is 45.3 Å². The molecule has 458 valence electrons. The van der Waals surface area contributed by atoms with Crippen LogP contribution in [-0.2, 0) is 17.3 Å². The standard InChI is InChI=1S/C81H83N3S6/c1-6-9-12-15-17-20-47-80(48-21-18-16-13-10-7-2)66-50-57(70-41-44-74(88-70)73-40-24-54(5)87-73)29-37-62(66)63-38-30-58(51-67(63)80)71-42-45-75(89-71)76-46-43-72(90-76)59-31-39-65-64-36-23-53(4)49-68(64)81(69(65)52-59,60-32-25-55(26-33-60)22-19-14-11-8-3)61-34-27-56(28-35-61)77-82-78(85)84-79(86)83-77/h23-46,49-52H,6-22,47-48H2,1-5H3,(H2,82,83,84,85,86). The number of aryl methyl sites for hydroxylation is 3. The summed E-state index contributed by atoms with van der Waals surface area (Å²) in [6.45, 7) is 11.4. The number of hydrogen-bond acceptors (Lipinski definition) is 9. The highest BCUT2D eigenvalue weighted by Crippen LogP contribution is 2.59. The Morgan fingerprint density at radius 2 is 0.733 bits per heavy atom. The Balaban J connectivity index is 0.851. The molecule has 5 heterocycles. The fourth-order valence-corrected chi connectivity index (χ4v) is 19.2. The van der Waals surface area contributed by atoms with E-state index in [1.165, 1.54) is 227 Å². The maximum absolute atomic E-state index is 4.59. The van der Waals surface area contributed by atoms with Crippen LogP contribution >= 0.6 is 70.6 Å². The molecule has 6 aromatic carbocycles. The van der Waals surface area contributed by atoms with Gasteiger partial charge in [0.05, 0.1) is 5.41 Å². The number of hydrogen-bond donors (Lipinski definition) is 2. The number of fused-ring (bicyclic) bond motifs is 6. The highest BCUT2D eigenvalue weighted by atomic mass is 32.1. The second-order valence-electron chi connectivity index (χ2n) is 25.4. The second kappa shape index (κ2) is 28.0. The fraction of sp³-hybridized carbons (Fsp3) is 0.321. The number of rotatable bonds is 27. The van der Waals surface area contributed by atoms with Crippen molar-refractivity contribution in [3.8, 4) is 84.5 Å². The van der Waals surface area contributed by atoms with E-state index < -0.39 is 5.41 Å². The van der Waals surface area contributed by atoms with Crippen molar-refractivity contribution in [3.63, 3.8) is 0 Å². The molecule has 0 N–H and O–H groups in total. The third kappa shape index (κ3) is 12.6. The SMILES string of the molecule is CCCCCCCCC1(CCCCCCCC)c2cc(-c3ccc(-c4ccc(C)s4)s3)ccc2-c2ccc(-c3ccc(-c4ccc(-c5ccc6c(c5)C(c5ccc(CCCCCC)cc5)(c5ccc(-c7nc(S)nc(S)n7)cc5)c5cc(C)ccc5-6)s4)s3)cc21. The Kier molecular flexibility index (Phi) is 19.5. The molecule has 1 atom stereocenters. The van der Waals surface area contributed by atoms with Crippen LogP contribution in [-0.4, -0.2) is 15.0 Å². The van der Waals surface area contributed by atoms with Crippen LogP contribution in [0.25, 0.3) is 84.5 Å². The zero-order valence-corrected chi connectivity index (χ0v) is 58.0. The van der Waals surface area contributed by atoms with Crippen molar-refractivity contribution in [1.82, 2.24) is 15.0 Å². The van der Waals surface area contributed by atoms with Crippen molar-refractivity contribution >= 4 is 70.6 Å². The summed E-state index contributed by atoms with van der Waals surface area (Å²) in [6, 6.07) is 66.7. The molecule has 0 saturated heterocycles. The average Bonchev–Trinajstić information content (AvgIpc) is 1.53. The number of nitrogens with zero attached hydrogens (tertiary/aromatic N) is 3. The van der Waals surface area contributed by atoms with E-state index in [4.69, 9.17) is 0 Å². The molecule has 0 bridgehead atoms. The van der Waals surface area contributed by atoms with Crippen LogP contribution in [0, 0.1) is 13.8 Å². The van der Waals surface area contributed by atoms with Gasteiger partial charge in [-0.1, -0.05) is 226 Å². The summed E-state index contributed by atoms with van der Waals surface area (Å²) in [4.78, 5) is 24.1. The molecule has 2 aliphatic carbocycles. The first-order valence-corrected chi connectivity index (χ1v) is 37.5. The molecule has 0 fully saturated rings. The molecular weight excluding hydrogens is 1210 g/mol. The van der Waals surface area contributed by atoms with Crippen molar-refractivity contribution < 1.29 is 0 Å². The third-order valence-electron chi connectivity index (χ3n) is 19.4. The molecule has 1 unspecified atom stereocenters.